The second-order valence-electron chi connectivity index (χ2n) is 6.06. The van der Waals surface area contributed by atoms with Crippen molar-refractivity contribution in [1.29, 1.82) is 0 Å². The van der Waals surface area contributed by atoms with Crippen molar-refractivity contribution in [3.05, 3.63) is 54.1 Å². The quantitative estimate of drug-likeness (QED) is 0.895. The molecular weight excluding hydrogens is 332 g/mol. The van der Waals surface area contributed by atoms with Crippen LogP contribution >= 0.6 is 0 Å². The lowest BCUT2D eigenvalue weighted by atomic mass is 10.1. The van der Waals surface area contributed by atoms with Gasteiger partial charge in [0, 0.05) is 7.05 Å². The number of rotatable bonds is 5. The smallest absolute Gasteiger partial charge is 0.262 e. The van der Waals surface area contributed by atoms with Crippen LogP contribution in [-0.4, -0.2) is 38.1 Å². The second kappa shape index (κ2) is 7.91. The molecular formula is C20H22N2O4. The number of fused-ring (bicyclic) bond motifs is 1. The fraction of sp³-hybridized carbons (Fsp3) is 0.300. The van der Waals surface area contributed by atoms with E-state index >= 15 is 0 Å². The second-order valence-corrected chi connectivity index (χ2v) is 6.06. The van der Waals surface area contributed by atoms with E-state index in [0.717, 1.165) is 11.3 Å². The lowest BCUT2D eigenvalue weighted by Crippen LogP contribution is -2.50. The van der Waals surface area contributed by atoms with E-state index < -0.39 is 6.10 Å². The van der Waals surface area contributed by atoms with Gasteiger partial charge in [-0.3, -0.25) is 9.59 Å². The van der Waals surface area contributed by atoms with Crippen LogP contribution in [0.3, 0.4) is 0 Å². The molecule has 0 saturated heterocycles. The van der Waals surface area contributed by atoms with Gasteiger partial charge in [-0.1, -0.05) is 30.3 Å². The van der Waals surface area contributed by atoms with Crippen LogP contribution in [0.5, 0.6) is 11.5 Å². The molecule has 0 aromatic heterocycles. The highest BCUT2D eigenvalue weighted by atomic mass is 16.5. The van der Waals surface area contributed by atoms with Crippen molar-refractivity contribution >= 4 is 17.5 Å². The van der Waals surface area contributed by atoms with Crippen LogP contribution in [-0.2, 0) is 9.59 Å². The summed E-state index contributed by atoms with van der Waals surface area (Å²) in [6.07, 6.45) is -0.514. The maximum absolute atomic E-state index is 12.8. The van der Waals surface area contributed by atoms with E-state index in [1.165, 1.54) is 0 Å². The maximum atomic E-state index is 12.8. The molecule has 0 bridgehead atoms. The molecule has 2 aromatic rings. The molecule has 1 aliphatic heterocycles. The SMILES string of the molecule is CNC(=O)[C@@H]1CN(C(=O)CCOc2ccccc2C)c2ccccc2O1. The van der Waals surface area contributed by atoms with E-state index in [1.807, 2.05) is 49.4 Å². The molecule has 2 aromatic carbocycles. The van der Waals surface area contributed by atoms with Crippen molar-refractivity contribution in [2.24, 2.45) is 0 Å². The minimum Gasteiger partial charge on any atom is -0.493 e. The lowest BCUT2D eigenvalue weighted by molar-refractivity contribution is -0.128. The number of ether oxygens (including phenoxy) is 2. The number of hydrogen-bond donors (Lipinski definition) is 1. The zero-order valence-electron chi connectivity index (χ0n) is 14.9. The van der Waals surface area contributed by atoms with E-state index in [1.54, 1.807) is 18.0 Å². The molecule has 136 valence electrons. The van der Waals surface area contributed by atoms with Gasteiger partial charge in [-0.25, -0.2) is 0 Å². The average Bonchev–Trinajstić information content (AvgIpc) is 2.67. The molecule has 0 spiro atoms. The molecule has 0 saturated carbocycles. The number of hydrogen-bond acceptors (Lipinski definition) is 4. The Labute approximate surface area is 152 Å². The predicted octanol–water partition coefficient (Wildman–Crippen LogP) is 2.30. The van der Waals surface area contributed by atoms with Gasteiger partial charge in [0.1, 0.15) is 11.5 Å². The Morgan fingerprint density at radius 2 is 1.92 bits per heavy atom. The Hall–Kier alpha value is -3.02. The van der Waals surface area contributed by atoms with Gasteiger partial charge >= 0.3 is 0 Å². The summed E-state index contributed by atoms with van der Waals surface area (Å²) < 4.78 is 11.4. The van der Waals surface area contributed by atoms with Crippen LogP contribution in [0.2, 0.25) is 0 Å². The van der Waals surface area contributed by atoms with E-state index in [2.05, 4.69) is 5.32 Å². The van der Waals surface area contributed by atoms with E-state index in [4.69, 9.17) is 9.47 Å². The molecule has 2 amide bonds. The molecule has 0 aliphatic carbocycles. The monoisotopic (exact) mass is 354 g/mol. The minimum absolute atomic E-state index is 0.108. The van der Waals surface area contributed by atoms with Crippen molar-refractivity contribution in [1.82, 2.24) is 5.32 Å². The Kier molecular flexibility index (Phi) is 5.41. The zero-order valence-corrected chi connectivity index (χ0v) is 14.9. The summed E-state index contributed by atoms with van der Waals surface area (Å²) >= 11 is 0. The van der Waals surface area contributed by atoms with Gasteiger partial charge in [0.05, 0.1) is 25.3 Å². The predicted molar refractivity (Wildman–Crippen MR) is 98.6 cm³/mol. The molecule has 0 fully saturated rings. The molecule has 6 heteroatoms. The first kappa shape index (κ1) is 17.8. The summed E-state index contributed by atoms with van der Waals surface area (Å²) in [6.45, 7) is 2.41. The molecule has 1 atom stereocenters. The number of carbonyl (C=O) groups excluding carboxylic acids is 2. The van der Waals surface area contributed by atoms with Crippen LogP contribution in [0, 0.1) is 6.92 Å². The van der Waals surface area contributed by atoms with Gasteiger partial charge in [-0.2, -0.15) is 0 Å². The molecule has 26 heavy (non-hydrogen) atoms. The topological polar surface area (TPSA) is 67.9 Å². The van der Waals surface area contributed by atoms with E-state index in [-0.39, 0.29) is 31.4 Å². The molecule has 3 rings (SSSR count). The third-order valence-corrected chi connectivity index (χ3v) is 4.28. The molecule has 1 heterocycles. The average molecular weight is 354 g/mol. The summed E-state index contributed by atoms with van der Waals surface area (Å²) in [6, 6.07) is 14.9. The number of carbonyl (C=O) groups is 2. The highest BCUT2D eigenvalue weighted by molar-refractivity contribution is 5.97. The number of nitrogens with zero attached hydrogens (tertiary/aromatic N) is 1. The zero-order chi connectivity index (χ0) is 18.5. The van der Waals surface area contributed by atoms with Gasteiger partial charge in [0.2, 0.25) is 5.91 Å². The summed E-state index contributed by atoms with van der Waals surface area (Å²) in [5.41, 5.74) is 1.70. The Balaban J connectivity index is 1.69. The van der Waals surface area contributed by atoms with Crippen molar-refractivity contribution in [2.75, 3.05) is 25.1 Å². The van der Waals surface area contributed by atoms with Crippen LogP contribution < -0.4 is 19.7 Å². The van der Waals surface area contributed by atoms with Gasteiger partial charge in [0.25, 0.3) is 5.91 Å². The van der Waals surface area contributed by atoms with Crippen molar-refractivity contribution in [3.8, 4) is 11.5 Å². The molecule has 0 unspecified atom stereocenters. The minimum atomic E-state index is -0.726. The largest absolute Gasteiger partial charge is 0.493 e. The molecule has 0 radical (unpaired) electrons. The summed E-state index contributed by atoms with van der Waals surface area (Å²) in [7, 11) is 1.55. The Bertz CT molecular complexity index is 806. The summed E-state index contributed by atoms with van der Waals surface area (Å²) in [4.78, 5) is 26.3. The maximum Gasteiger partial charge on any atom is 0.262 e. The first-order valence-electron chi connectivity index (χ1n) is 8.56. The van der Waals surface area contributed by atoms with Crippen LogP contribution in [0.1, 0.15) is 12.0 Å². The van der Waals surface area contributed by atoms with Crippen LogP contribution in [0.4, 0.5) is 5.69 Å². The van der Waals surface area contributed by atoms with Crippen molar-refractivity contribution in [2.45, 2.75) is 19.4 Å². The Morgan fingerprint density at radius 3 is 2.69 bits per heavy atom. The molecule has 1 aliphatic rings. The van der Waals surface area contributed by atoms with Gasteiger partial charge in [-0.05, 0) is 30.7 Å². The summed E-state index contributed by atoms with van der Waals surface area (Å²) in [5.74, 6) is 0.933. The Morgan fingerprint density at radius 1 is 1.19 bits per heavy atom. The molecule has 1 N–H and O–H groups in total. The van der Waals surface area contributed by atoms with Crippen molar-refractivity contribution < 1.29 is 19.1 Å². The number of amides is 2. The van der Waals surface area contributed by atoms with E-state index in [0.29, 0.717) is 11.4 Å². The standard InChI is InChI=1S/C20H22N2O4/c1-14-7-3-5-9-16(14)25-12-11-19(23)22-13-18(20(24)21-2)26-17-10-6-4-8-15(17)22/h3-10,18H,11-13H2,1-2H3,(H,21,24)/t18-/m0/s1. The number of aryl methyl sites for hydroxylation is 1. The van der Waals surface area contributed by atoms with Gasteiger partial charge in [0.15, 0.2) is 6.10 Å². The van der Waals surface area contributed by atoms with Crippen LogP contribution in [0.25, 0.3) is 0 Å². The highest BCUT2D eigenvalue weighted by Crippen LogP contribution is 2.33. The van der Waals surface area contributed by atoms with Gasteiger partial charge in [-0.15, -0.1) is 0 Å². The first-order chi connectivity index (χ1) is 12.6. The first-order valence-corrected chi connectivity index (χ1v) is 8.56. The van der Waals surface area contributed by atoms with Crippen LogP contribution in [0.15, 0.2) is 48.5 Å². The summed E-state index contributed by atoms with van der Waals surface area (Å²) in [5, 5.41) is 2.57. The third kappa shape index (κ3) is 3.79. The number of nitrogens with one attached hydrogen (secondary N) is 1. The number of likely N-dealkylation sites (N-methyl/N-ethyl adjacent to an activating group) is 1. The normalized spacial score (nSPS) is 15.6. The number of benzene rings is 2. The third-order valence-electron chi connectivity index (χ3n) is 4.28. The fourth-order valence-corrected chi connectivity index (χ4v) is 2.87. The highest BCUT2D eigenvalue weighted by Gasteiger charge is 2.33. The number of para-hydroxylation sites is 3. The lowest BCUT2D eigenvalue weighted by Gasteiger charge is -2.34. The van der Waals surface area contributed by atoms with Gasteiger partial charge < -0.3 is 19.7 Å². The van der Waals surface area contributed by atoms with E-state index in [9.17, 15) is 9.59 Å². The van der Waals surface area contributed by atoms with Crippen molar-refractivity contribution in [3.63, 3.8) is 0 Å². The number of anilines is 1. The fourth-order valence-electron chi connectivity index (χ4n) is 2.87. The molecule has 6 nitrogen and oxygen atoms in total.